The summed E-state index contributed by atoms with van der Waals surface area (Å²) in [6.07, 6.45) is 1.47. The molecular formula is C18H19N5O2. The van der Waals surface area contributed by atoms with Crippen molar-refractivity contribution >= 4 is 29.0 Å². The van der Waals surface area contributed by atoms with Crippen LogP contribution in [0.4, 0.5) is 23.1 Å². The lowest BCUT2D eigenvalue weighted by Gasteiger charge is -2.10. The average Bonchev–Trinajstić information content (AvgIpc) is 3.11. The van der Waals surface area contributed by atoms with Gasteiger partial charge < -0.3 is 20.4 Å². The summed E-state index contributed by atoms with van der Waals surface area (Å²) in [5, 5.41) is 9.10. The van der Waals surface area contributed by atoms with Gasteiger partial charge in [-0.2, -0.15) is 4.98 Å². The third kappa shape index (κ3) is 4.35. The number of aromatic nitrogens is 2. The quantitative estimate of drug-likeness (QED) is 0.633. The van der Waals surface area contributed by atoms with Crippen LogP contribution in [-0.2, 0) is 0 Å². The first-order valence-electron chi connectivity index (χ1n) is 7.95. The van der Waals surface area contributed by atoms with Crippen molar-refractivity contribution in [2.24, 2.45) is 0 Å². The highest BCUT2D eigenvalue weighted by Gasteiger charge is 2.08. The number of anilines is 4. The van der Waals surface area contributed by atoms with Gasteiger partial charge in [-0.25, -0.2) is 4.98 Å². The van der Waals surface area contributed by atoms with E-state index in [1.54, 1.807) is 12.1 Å². The number of nitrogens with one attached hydrogen (secondary N) is 3. The van der Waals surface area contributed by atoms with Gasteiger partial charge in [0.05, 0.1) is 6.26 Å². The maximum absolute atomic E-state index is 11.9. The molecule has 0 fully saturated rings. The first-order valence-corrected chi connectivity index (χ1v) is 7.95. The van der Waals surface area contributed by atoms with Crippen molar-refractivity contribution in [1.82, 2.24) is 9.97 Å². The van der Waals surface area contributed by atoms with Crippen molar-refractivity contribution in [3.63, 3.8) is 0 Å². The number of nitrogens with zero attached hydrogens (tertiary/aromatic N) is 2. The van der Waals surface area contributed by atoms with Crippen molar-refractivity contribution in [2.45, 2.75) is 13.8 Å². The van der Waals surface area contributed by atoms with Crippen molar-refractivity contribution in [3.05, 3.63) is 60.2 Å². The molecule has 0 radical (unpaired) electrons. The number of carbonyl (C=O) groups is 1. The van der Waals surface area contributed by atoms with Crippen LogP contribution in [0.2, 0.25) is 0 Å². The van der Waals surface area contributed by atoms with Gasteiger partial charge in [0.25, 0.3) is 5.91 Å². The van der Waals surface area contributed by atoms with Crippen LogP contribution < -0.4 is 16.0 Å². The van der Waals surface area contributed by atoms with Crippen LogP contribution in [0.25, 0.3) is 0 Å². The van der Waals surface area contributed by atoms with Gasteiger partial charge in [0, 0.05) is 29.7 Å². The summed E-state index contributed by atoms with van der Waals surface area (Å²) < 4.78 is 5.07. The molecule has 25 heavy (non-hydrogen) atoms. The molecule has 2 aromatic heterocycles. The Labute approximate surface area is 145 Å². The van der Waals surface area contributed by atoms with E-state index >= 15 is 0 Å². The van der Waals surface area contributed by atoms with Crippen molar-refractivity contribution < 1.29 is 9.21 Å². The molecule has 7 nitrogen and oxygen atoms in total. The fourth-order valence-corrected chi connectivity index (χ4v) is 2.25. The van der Waals surface area contributed by atoms with Crippen LogP contribution in [0.5, 0.6) is 0 Å². The Morgan fingerprint density at radius 2 is 1.88 bits per heavy atom. The van der Waals surface area contributed by atoms with E-state index in [9.17, 15) is 4.79 Å². The normalized spacial score (nSPS) is 10.3. The van der Waals surface area contributed by atoms with Crippen LogP contribution in [0.15, 0.2) is 53.1 Å². The molecule has 0 aliphatic rings. The summed E-state index contributed by atoms with van der Waals surface area (Å²) >= 11 is 0. The van der Waals surface area contributed by atoms with Crippen molar-refractivity contribution in [3.8, 4) is 0 Å². The Kier molecular flexibility index (Phi) is 4.94. The first kappa shape index (κ1) is 16.5. The van der Waals surface area contributed by atoms with Gasteiger partial charge in [-0.3, -0.25) is 4.79 Å². The van der Waals surface area contributed by atoms with Gasteiger partial charge in [0.15, 0.2) is 5.76 Å². The molecule has 1 amide bonds. The van der Waals surface area contributed by atoms with E-state index < -0.39 is 0 Å². The molecule has 0 aliphatic carbocycles. The molecule has 0 unspecified atom stereocenters. The standard InChI is InChI=1S/C18H19N5O2/c1-3-19-18-20-12(2)11-16(23-18)21-13-6-8-14(9-7-13)22-17(24)15-5-4-10-25-15/h4-11H,3H2,1-2H3,(H,22,24)(H2,19,20,21,23). The zero-order valence-electron chi connectivity index (χ0n) is 14.0. The summed E-state index contributed by atoms with van der Waals surface area (Å²) in [4.78, 5) is 20.7. The number of hydrogen-bond donors (Lipinski definition) is 3. The largest absolute Gasteiger partial charge is 0.459 e. The molecule has 3 aromatic rings. The predicted molar refractivity (Wildman–Crippen MR) is 97.3 cm³/mol. The molecule has 0 atom stereocenters. The lowest BCUT2D eigenvalue weighted by atomic mass is 10.2. The molecule has 3 N–H and O–H groups in total. The maximum atomic E-state index is 11.9. The number of benzene rings is 1. The van der Waals surface area contributed by atoms with E-state index in [1.165, 1.54) is 6.26 Å². The molecule has 3 rings (SSSR count). The molecule has 7 heteroatoms. The summed E-state index contributed by atoms with van der Waals surface area (Å²) in [6.45, 7) is 4.67. The maximum Gasteiger partial charge on any atom is 0.291 e. The van der Waals surface area contributed by atoms with E-state index in [4.69, 9.17) is 4.42 Å². The number of aryl methyl sites for hydroxylation is 1. The predicted octanol–water partition coefficient (Wildman–Crippen LogP) is 3.81. The Morgan fingerprint density at radius 1 is 1.12 bits per heavy atom. The molecule has 0 saturated carbocycles. The van der Waals surface area contributed by atoms with E-state index in [2.05, 4.69) is 25.9 Å². The number of hydrogen-bond acceptors (Lipinski definition) is 6. The Morgan fingerprint density at radius 3 is 2.56 bits per heavy atom. The smallest absolute Gasteiger partial charge is 0.291 e. The zero-order valence-corrected chi connectivity index (χ0v) is 14.0. The third-order valence-corrected chi connectivity index (χ3v) is 3.35. The third-order valence-electron chi connectivity index (χ3n) is 3.35. The van der Waals surface area contributed by atoms with Gasteiger partial charge in [0.2, 0.25) is 5.95 Å². The molecule has 0 spiro atoms. The summed E-state index contributed by atoms with van der Waals surface area (Å²) in [6, 6.07) is 12.5. The average molecular weight is 337 g/mol. The fourth-order valence-electron chi connectivity index (χ4n) is 2.25. The van der Waals surface area contributed by atoms with Crippen LogP contribution in [-0.4, -0.2) is 22.4 Å². The molecule has 128 valence electrons. The minimum Gasteiger partial charge on any atom is -0.459 e. The lowest BCUT2D eigenvalue weighted by molar-refractivity contribution is 0.0996. The minimum atomic E-state index is -0.285. The molecule has 0 saturated heterocycles. The summed E-state index contributed by atoms with van der Waals surface area (Å²) in [7, 11) is 0. The number of rotatable bonds is 6. The molecule has 0 bridgehead atoms. The summed E-state index contributed by atoms with van der Waals surface area (Å²) in [5.41, 5.74) is 2.41. The minimum absolute atomic E-state index is 0.273. The zero-order chi connectivity index (χ0) is 17.6. The second-order valence-electron chi connectivity index (χ2n) is 5.38. The molecule has 0 aliphatic heterocycles. The van der Waals surface area contributed by atoms with Crippen LogP contribution >= 0.6 is 0 Å². The number of furan rings is 1. The van der Waals surface area contributed by atoms with Gasteiger partial charge in [-0.05, 0) is 50.2 Å². The van der Waals surface area contributed by atoms with Gasteiger partial charge in [-0.1, -0.05) is 0 Å². The number of amides is 1. The van der Waals surface area contributed by atoms with E-state index in [0.717, 1.165) is 17.9 Å². The molecule has 2 heterocycles. The monoisotopic (exact) mass is 337 g/mol. The van der Waals surface area contributed by atoms with Crippen molar-refractivity contribution in [1.29, 1.82) is 0 Å². The van der Waals surface area contributed by atoms with Crippen LogP contribution in [0, 0.1) is 6.92 Å². The van der Waals surface area contributed by atoms with Gasteiger partial charge in [0.1, 0.15) is 5.82 Å². The highest BCUT2D eigenvalue weighted by Crippen LogP contribution is 2.19. The SMILES string of the molecule is CCNc1nc(C)cc(Nc2ccc(NC(=O)c3ccco3)cc2)n1. The van der Waals surface area contributed by atoms with Crippen molar-refractivity contribution in [2.75, 3.05) is 22.5 Å². The highest BCUT2D eigenvalue weighted by molar-refractivity contribution is 6.02. The topological polar surface area (TPSA) is 92.1 Å². The number of carbonyl (C=O) groups excluding carboxylic acids is 1. The Bertz CT molecular complexity index is 844. The van der Waals surface area contributed by atoms with Gasteiger partial charge in [-0.15, -0.1) is 0 Å². The first-order chi connectivity index (χ1) is 12.1. The second kappa shape index (κ2) is 7.48. The Hall–Kier alpha value is -3.35. The lowest BCUT2D eigenvalue weighted by Crippen LogP contribution is -2.10. The highest BCUT2D eigenvalue weighted by atomic mass is 16.3. The van der Waals surface area contributed by atoms with E-state index in [-0.39, 0.29) is 11.7 Å². The molecular weight excluding hydrogens is 318 g/mol. The summed E-state index contributed by atoms with van der Waals surface area (Å²) in [5.74, 6) is 1.28. The van der Waals surface area contributed by atoms with Gasteiger partial charge >= 0.3 is 0 Å². The Balaban J connectivity index is 1.67. The second-order valence-corrected chi connectivity index (χ2v) is 5.38. The fraction of sp³-hybridized carbons (Fsp3) is 0.167. The molecule has 1 aromatic carbocycles. The van der Waals surface area contributed by atoms with Crippen LogP contribution in [0.1, 0.15) is 23.2 Å². The van der Waals surface area contributed by atoms with E-state index in [1.807, 2.05) is 44.2 Å². The van der Waals surface area contributed by atoms with Crippen LogP contribution in [0.3, 0.4) is 0 Å². The van der Waals surface area contributed by atoms with E-state index in [0.29, 0.717) is 17.5 Å².